The molecular weight excluding hydrogens is 278 g/mol. The van der Waals surface area contributed by atoms with Crippen molar-refractivity contribution in [3.8, 4) is 5.75 Å². The molecule has 2 heterocycles. The normalized spacial score (nSPS) is 17.2. The highest BCUT2D eigenvalue weighted by atomic mass is 35.5. The Balaban J connectivity index is 1.46. The highest BCUT2D eigenvalue weighted by Crippen LogP contribution is 2.32. The van der Waals surface area contributed by atoms with Crippen molar-refractivity contribution in [2.24, 2.45) is 0 Å². The van der Waals surface area contributed by atoms with E-state index in [-0.39, 0.29) is 0 Å². The topological polar surface area (TPSA) is 21.3 Å². The van der Waals surface area contributed by atoms with Crippen molar-refractivity contribution in [3.63, 3.8) is 0 Å². The minimum atomic E-state index is 0.475. The van der Waals surface area contributed by atoms with Gasteiger partial charge in [0, 0.05) is 22.9 Å². The zero-order valence-corrected chi connectivity index (χ0v) is 12.1. The Hall–Kier alpha value is -1.03. The number of hydrogen-bond acceptors (Lipinski definition) is 3. The van der Waals surface area contributed by atoms with Crippen LogP contribution in [0, 0.1) is 0 Å². The first kappa shape index (κ1) is 13.0. The lowest BCUT2D eigenvalue weighted by molar-refractivity contribution is 0.327. The lowest BCUT2D eigenvalue weighted by Gasteiger charge is -2.09. The molecule has 0 bridgehead atoms. The molecule has 2 aromatic rings. The van der Waals surface area contributed by atoms with Crippen molar-refractivity contribution in [3.05, 3.63) is 51.2 Å². The molecule has 1 unspecified atom stereocenters. The molecule has 0 spiro atoms. The van der Waals surface area contributed by atoms with E-state index in [9.17, 15) is 0 Å². The Morgan fingerprint density at radius 2 is 2.16 bits per heavy atom. The van der Waals surface area contributed by atoms with Crippen LogP contribution in [0.25, 0.3) is 0 Å². The summed E-state index contributed by atoms with van der Waals surface area (Å²) in [5, 5.41) is 3.51. The molecule has 0 saturated carbocycles. The Morgan fingerprint density at radius 3 is 3.00 bits per heavy atom. The molecule has 0 aliphatic carbocycles. The van der Waals surface area contributed by atoms with Gasteiger partial charge in [0.15, 0.2) is 0 Å². The summed E-state index contributed by atoms with van der Waals surface area (Å²) in [5.74, 6) is 1.52. The maximum atomic E-state index is 5.91. The lowest BCUT2D eigenvalue weighted by atomic mass is 10.0. The Kier molecular flexibility index (Phi) is 4.06. The van der Waals surface area contributed by atoms with E-state index in [1.165, 1.54) is 10.4 Å². The van der Waals surface area contributed by atoms with Gasteiger partial charge in [-0.25, -0.2) is 0 Å². The zero-order valence-electron chi connectivity index (χ0n) is 10.6. The minimum Gasteiger partial charge on any atom is -0.493 e. The molecule has 0 fully saturated rings. The maximum Gasteiger partial charge on any atom is 0.122 e. The molecule has 4 heteroatoms. The number of ether oxygens (including phenoxy) is 1. The second kappa shape index (κ2) is 5.95. The van der Waals surface area contributed by atoms with Crippen molar-refractivity contribution < 1.29 is 4.74 Å². The van der Waals surface area contributed by atoms with E-state index < -0.39 is 0 Å². The number of rotatable bonds is 5. The van der Waals surface area contributed by atoms with Gasteiger partial charge in [-0.1, -0.05) is 29.8 Å². The highest BCUT2D eigenvalue weighted by Gasteiger charge is 2.22. The molecule has 19 heavy (non-hydrogen) atoms. The molecule has 3 rings (SSSR count). The number of thiophene rings is 1. The average molecular weight is 294 g/mol. The SMILES string of the molecule is Clc1ccc(CCNCC2COc3ccccc32)s1. The van der Waals surface area contributed by atoms with Gasteiger partial charge in [-0.2, -0.15) is 0 Å². The fourth-order valence-corrected chi connectivity index (χ4v) is 3.46. The molecule has 0 amide bonds. The number of fused-ring (bicyclic) bond motifs is 1. The number of nitrogens with one attached hydrogen (secondary N) is 1. The Morgan fingerprint density at radius 1 is 1.26 bits per heavy atom. The van der Waals surface area contributed by atoms with E-state index in [1.807, 2.05) is 18.2 Å². The van der Waals surface area contributed by atoms with Crippen molar-refractivity contribution in [2.45, 2.75) is 12.3 Å². The second-order valence-electron chi connectivity index (χ2n) is 4.71. The molecular formula is C15H16ClNOS. The highest BCUT2D eigenvalue weighted by molar-refractivity contribution is 7.16. The van der Waals surface area contributed by atoms with E-state index in [2.05, 4.69) is 23.5 Å². The molecule has 0 radical (unpaired) electrons. The first-order chi connectivity index (χ1) is 9.33. The van der Waals surface area contributed by atoms with Crippen LogP contribution in [0.1, 0.15) is 16.4 Å². The van der Waals surface area contributed by atoms with Crippen molar-refractivity contribution in [2.75, 3.05) is 19.7 Å². The number of benzene rings is 1. The lowest BCUT2D eigenvalue weighted by Crippen LogP contribution is -2.24. The molecule has 1 aromatic heterocycles. The molecule has 1 atom stereocenters. The summed E-state index contributed by atoms with van der Waals surface area (Å²) < 4.78 is 6.54. The summed E-state index contributed by atoms with van der Waals surface area (Å²) in [7, 11) is 0. The van der Waals surface area contributed by atoms with Gasteiger partial charge in [-0.15, -0.1) is 11.3 Å². The third-order valence-electron chi connectivity index (χ3n) is 3.37. The number of hydrogen-bond donors (Lipinski definition) is 1. The molecule has 1 aliphatic rings. The van der Waals surface area contributed by atoms with Crippen LogP contribution in [0.15, 0.2) is 36.4 Å². The van der Waals surface area contributed by atoms with Crippen molar-refractivity contribution in [1.82, 2.24) is 5.32 Å². The molecule has 1 aliphatic heterocycles. The summed E-state index contributed by atoms with van der Waals surface area (Å²) in [4.78, 5) is 1.33. The fourth-order valence-electron chi connectivity index (χ4n) is 2.37. The molecule has 1 N–H and O–H groups in total. The summed E-state index contributed by atoms with van der Waals surface area (Å²) in [5.41, 5.74) is 1.33. The van der Waals surface area contributed by atoms with E-state index in [4.69, 9.17) is 16.3 Å². The van der Waals surface area contributed by atoms with Gasteiger partial charge in [-0.05, 0) is 31.2 Å². The Bertz CT molecular complexity index is 555. The zero-order chi connectivity index (χ0) is 13.1. The second-order valence-corrected chi connectivity index (χ2v) is 6.51. The van der Waals surface area contributed by atoms with Crippen LogP contribution < -0.4 is 10.1 Å². The quantitative estimate of drug-likeness (QED) is 0.849. The van der Waals surface area contributed by atoms with E-state index in [0.717, 1.165) is 36.2 Å². The largest absolute Gasteiger partial charge is 0.493 e. The van der Waals surface area contributed by atoms with Gasteiger partial charge in [0.25, 0.3) is 0 Å². The minimum absolute atomic E-state index is 0.475. The Labute approximate surface area is 122 Å². The van der Waals surface area contributed by atoms with Crippen LogP contribution in [0.5, 0.6) is 5.75 Å². The van der Waals surface area contributed by atoms with Crippen LogP contribution in [0.3, 0.4) is 0 Å². The average Bonchev–Trinajstić information content (AvgIpc) is 3.02. The molecule has 2 nitrogen and oxygen atoms in total. The molecule has 1 aromatic carbocycles. The van der Waals surface area contributed by atoms with Crippen LogP contribution in [-0.2, 0) is 6.42 Å². The predicted octanol–water partition coefficient (Wildman–Crippen LogP) is 3.71. The number of halogens is 1. The monoisotopic (exact) mass is 293 g/mol. The van der Waals surface area contributed by atoms with Crippen LogP contribution in [0.4, 0.5) is 0 Å². The molecule has 100 valence electrons. The van der Waals surface area contributed by atoms with Crippen LogP contribution >= 0.6 is 22.9 Å². The fraction of sp³-hybridized carbons (Fsp3) is 0.333. The van der Waals surface area contributed by atoms with Crippen molar-refractivity contribution >= 4 is 22.9 Å². The van der Waals surface area contributed by atoms with Crippen molar-refractivity contribution in [1.29, 1.82) is 0 Å². The maximum absolute atomic E-state index is 5.91. The summed E-state index contributed by atoms with van der Waals surface area (Å²) in [6.07, 6.45) is 1.03. The van der Waals surface area contributed by atoms with Gasteiger partial charge in [-0.3, -0.25) is 0 Å². The molecule has 0 saturated heterocycles. The third-order valence-corrected chi connectivity index (χ3v) is 4.66. The predicted molar refractivity (Wildman–Crippen MR) is 80.6 cm³/mol. The standard InChI is InChI=1S/C15H16ClNOS/c16-15-6-5-12(19-15)7-8-17-9-11-10-18-14-4-2-1-3-13(11)14/h1-6,11,17H,7-10H2. The first-order valence-corrected chi connectivity index (χ1v) is 7.69. The summed E-state index contributed by atoms with van der Waals surface area (Å²) >= 11 is 7.57. The van der Waals surface area contributed by atoms with Gasteiger partial charge in [0.2, 0.25) is 0 Å². The smallest absolute Gasteiger partial charge is 0.122 e. The van der Waals surface area contributed by atoms with Gasteiger partial charge in [0.05, 0.1) is 10.9 Å². The number of para-hydroxylation sites is 1. The van der Waals surface area contributed by atoms with E-state index in [1.54, 1.807) is 11.3 Å². The third kappa shape index (κ3) is 3.11. The first-order valence-electron chi connectivity index (χ1n) is 6.49. The van der Waals surface area contributed by atoms with Crippen LogP contribution in [0.2, 0.25) is 4.34 Å². The van der Waals surface area contributed by atoms with Crippen LogP contribution in [-0.4, -0.2) is 19.7 Å². The van der Waals surface area contributed by atoms with E-state index in [0.29, 0.717) is 5.92 Å². The summed E-state index contributed by atoms with van der Waals surface area (Å²) in [6, 6.07) is 12.4. The van der Waals surface area contributed by atoms with Gasteiger partial charge in [0.1, 0.15) is 5.75 Å². The summed E-state index contributed by atoms with van der Waals surface area (Å²) in [6.45, 7) is 2.74. The van der Waals surface area contributed by atoms with E-state index >= 15 is 0 Å². The van der Waals surface area contributed by atoms with Gasteiger partial charge < -0.3 is 10.1 Å². The van der Waals surface area contributed by atoms with Gasteiger partial charge >= 0.3 is 0 Å².